The van der Waals surface area contributed by atoms with Crippen LogP contribution in [0.25, 0.3) is 0 Å². The predicted molar refractivity (Wildman–Crippen MR) is 75.1 cm³/mol. The molecule has 1 heterocycles. The largest absolute Gasteiger partial charge is 0.497 e. The van der Waals surface area contributed by atoms with Crippen molar-refractivity contribution in [3.8, 4) is 5.75 Å². The van der Waals surface area contributed by atoms with E-state index in [2.05, 4.69) is 20.4 Å². The lowest BCUT2D eigenvalue weighted by molar-refractivity contribution is -0.245. The fraction of sp³-hybridized carbons (Fsp3) is 0.500. The van der Waals surface area contributed by atoms with Gasteiger partial charge in [0, 0.05) is 17.4 Å². The molecule has 0 aromatic heterocycles. The maximum atomic E-state index is 6.08. The molecule has 2 rings (SSSR count). The van der Waals surface area contributed by atoms with Crippen molar-refractivity contribution in [2.75, 3.05) is 13.7 Å². The van der Waals surface area contributed by atoms with Gasteiger partial charge < -0.3 is 14.2 Å². The Labute approximate surface area is 115 Å². The van der Waals surface area contributed by atoms with Gasteiger partial charge in [0.1, 0.15) is 5.75 Å². The van der Waals surface area contributed by atoms with Crippen LogP contribution in [-0.4, -0.2) is 19.8 Å². The summed E-state index contributed by atoms with van der Waals surface area (Å²) >= 11 is 0. The summed E-state index contributed by atoms with van der Waals surface area (Å²) in [4.78, 5) is 0. The van der Waals surface area contributed by atoms with Crippen molar-refractivity contribution in [1.82, 2.24) is 0 Å². The van der Waals surface area contributed by atoms with Crippen LogP contribution in [0.2, 0.25) is 0 Å². The van der Waals surface area contributed by atoms with Crippen molar-refractivity contribution < 1.29 is 14.2 Å². The molecule has 1 aliphatic rings. The van der Waals surface area contributed by atoms with Crippen LogP contribution in [0.1, 0.15) is 25.7 Å². The molecule has 4 atom stereocenters. The third kappa shape index (κ3) is 3.17. The van der Waals surface area contributed by atoms with Gasteiger partial charge in [-0.25, -0.2) is 0 Å². The predicted octanol–water partition coefficient (Wildman–Crippen LogP) is 3.57. The van der Waals surface area contributed by atoms with Crippen LogP contribution in [-0.2, 0) is 9.47 Å². The molecule has 3 heteroatoms. The summed E-state index contributed by atoms with van der Waals surface area (Å²) in [5, 5.41) is 0. The molecule has 0 bridgehead atoms. The van der Waals surface area contributed by atoms with Crippen LogP contribution in [0.3, 0.4) is 0 Å². The van der Waals surface area contributed by atoms with Crippen molar-refractivity contribution >= 4 is 0 Å². The molecule has 1 aromatic rings. The average Bonchev–Trinajstić information content (AvgIpc) is 2.47. The first-order chi connectivity index (χ1) is 9.15. The minimum absolute atomic E-state index is 0.151. The lowest BCUT2D eigenvalue weighted by Gasteiger charge is -2.37. The lowest BCUT2D eigenvalue weighted by Crippen LogP contribution is -2.38. The molecule has 104 valence electrons. The highest BCUT2D eigenvalue weighted by molar-refractivity contribution is 5.28. The van der Waals surface area contributed by atoms with E-state index in [9.17, 15) is 0 Å². The Balaban J connectivity index is 2.10. The second-order valence-electron chi connectivity index (χ2n) is 5.11. The molecule has 0 spiro atoms. The van der Waals surface area contributed by atoms with Crippen LogP contribution < -0.4 is 4.74 Å². The zero-order valence-corrected chi connectivity index (χ0v) is 11.8. The fourth-order valence-electron chi connectivity index (χ4n) is 2.36. The highest BCUT2D eigenvalue weighted by atomic mass is 16.7. The Kier molecular flexibility index (Phi) is 4.61. The van der Waals surface area contributed by atoms with Crippen molar-refractivity contribution in [2.45, 2.75) is 26.2 Å². The zero-order valence-electron chi connectivity index (χ0n) is 11.8. The summed E-state index contributed by atoms with van der Waals surface area (Å²) in [6.45, 7) is 8.84. The van der Waals surface area contributed by atoms with E-state index >= 15 is 0 Å². The topological polar surface area (TPSA) is 27.7 Å². The van der Waals surface area contributed by atoms with Crippen LogP contribution in [0.5, 0.6) is 5.75 Å². The van der Waals surface area contributed by atoms with Crippen molar-refractivity contribution in [1.29, 1.82) is 0 Å². The summed E-state index contributed by atoms with van der Waals surface area (Å²) in [5.41, 5.74) is 1.02. The third-order valence-corrected chi connectivity index (χ3v) is 3.63. The lowest BCUT2D eigenvalue weighted by atomic mass is 9.93. The van der Waals surface area contributed by atoms with E-state index in [1.807, 2.05) is 30.3 Å². The summed E-state index contributed by atoms with van der Waals surface area (Å²) < 4.78 is 17.0. The Bertz CT molecular complexity index is 413. The maximum Gasteiger partial charge on any atom is 0.184 e. The van der Waals surface area contributed by atoms with Crippen LogP contribution in [0.4, 0.5) is 0 Å². The quantitative estimate of drug-likeness (QED) is 0.776. The van der Waals surface area contributed by atoms with Gasteiger partial charge in [-0.3, -0.25) is 0 Å². The molecule has 0 saturated carbocycles. The minimum atomic E-state index is -0.297. The Morgan fingerprint density at radius 2 is 2.05 bits per heavy atom. The molecule has 0 radical (unpaired) electrons. The van der Waals surface area contributed by atoms with Gasteiger partial charge >= 0.3 is 0 Å². The van der Waals surface area contributed by atoms with Crippen LogP contribution in [0.15, 0.2) is 36.9 Å². The summed E-state index contributed by atoms with van der Waals surface area (Å²) in [7, 11) is 1.66. The first kappa shape index (κ1) is 14.1. The molecule has 1 fully saturated rings. The molecular formula is C16H22O3. The molecule has 1 unspecified atom stereocenters. The zero-order chi connectivity index (χ0) is 13.8. The van der Waals surface area contributed by atoms with Gasteiger partial charge in [0.2, 0.25) is 0 Å². The van der Waals surface area contributed by atoms with E-state index < -0.39 is 0 Å². The van der Waals surface area contributed by atoms with Crippen LogP contribution >= 0.6 is 0 Å². The second kappa shape index (κ2) is 6.22. The molecule has 1 aromatic carbocycles. The average molecular weight is 262 g/mol. The normalized spacial score (nSPS) is 28.7. The maximum absolute atomic E-state index is 6.08. The summed E-state index contributed by atoms with van der Waals surface area (Å²) in [6, 6.07) is 7.81. The highest BCUT2D eigenvalue weighted by Gasteiger charge is 2.32. The molecule has 19 heavy (non-hydrogen) atoms. The number of hydrogen-bond acceptors (Lipinski definition) is 3. The van der Waals surface area contributed by atoms with Gasteiger partial charge in [-0.15, -0.1) is 6.58 Å². The van der Waals surface area contributed by atoms with Crippen LogP contribution in [0, 0.1) is 11.8 Å². The molecule has 3 nitrogen and oxygen atoms in total. The standard InChI is InChI=1S/C16H22O3/c1-5-11(2)15-12(3)10-18-16(19-15)13-6-8-14(17-4)9-7-13/h5-9,11-12,15-16H,1,10H2,2-4H3/t11-,12+,15+,16?/m1/s1. The van der Waals surface area contributed by atoms with E-state index in [0.717, 1.165) is 11.3 Å². The Morgan fingerprint density at radius 3 is 2.63 bits per heavy atom. The fourth-order valence-corrected chi connectivity index (χ4v) is 2.36. The Morgan fingerprint density at radius 1 is 1.37 bits per heavy atom. The number of hydrogen-bond donors (Lipinski definition) is 0. The van der Waals surface area contributed by atoms with Crippen molar-refractivity contribution in [3.63, 3.8) is 0 Å². The van der Waals surface area contributed by atoms with E-state index in [0.29, 0.717) is 18.4 Å². The van der Waals surface area contributed by atoms with Crippen molar-refractivity contribution in [2.24, 2.45) is 11.8 Å². The second-order valence-corrected chi connectivity index (χ2v) is 5.11. The van der Waals surface area contributed by atoms with Gasteiger partial charge in [-0.05, 0) is 12.1 Å². The third-order valence-electron chi connectivity index (χ3n) is 3.63. The molecule has 1 saturated heterocycles. The number of rotatable bonds is 4. The number of ether oxygens (including phenoxy) is 3. The molecule has 1 aliphatic heterocycles. The summed E-state index contributed by atoms with van der Waals surface area (Å²) in [6.07, 6.45) is 1.80. The molecule has 0 aliphatic carbocycles. The van der Waals surface area contributed by atoms with E-state index in [1.54, 1.807) is 7.11 Å². The van der Waals surface area contributed by atoms with Crippen molar-refractivity contribution in [3.05, 3.63) is 42.5 Å². The first-order valence-electron chi connectivity index (χ1n) is 6.69. The van der Waals surface area contributed by atoms with Gasteiger partial charge in [-0.1, -0.05) is 32.1 Å². The van der Waals surface area contributed by atoms with Gasteiger partial charge in [0.05, 0.1) is 19.8 Å². The summed E-state index contributed by atoms with van der Waals surface area (Å²) in [5.74, 6) is 1.53. The SMILES string of the molecule is C=C[C@@H](C)[C@@H]1OC(c2ccc(OC)cc2)OC[C@@H]1C. The highest BCUT2D eigenvalue weighted by Crippen LogP contribution is 2.33. The first-order valence-corrected chi connectivity index (χ1v) is 6.69. The monoisotopic (exact) mass is 262 g/mol. The van der Waals surface area contributed by atoms with E-state index in [4.69, 9.17) is 14.2 Å². The van der Waals surface area contributed by atoms with Gasteiger partial charge in [0.25, 0.3) is 0 Å². The Hall–Kier alpha value is -1.32. The van der Waals surface area contributed by atoms with E-state index in [-0.39, 0.29) is 12.4 Å². The molecule has 0 N–H and O–H groups in total. The molecule has 0 amide bonds. The van der Waals surface area contributed by atoms with E-state index in [1.165, 1.54) is 0 Å². The smallest absolute Gasteiger partial charge is 0.184 e. The van der Waals surface area contributed by atoms with Gasteiger partial charge in [0.15, 0.2) is 6.29 Å². The molecular weight excluding hydrogens is 240 g/mol. The number of methoxy groups -OCH3 is 1. The number of benzene rings is 1. The van der Waals surface area contributed by atoms with Gasteiger partial charge in [-0.2, -0.15) is 0 Å². The minimum Gasteiger partial charge on any atom is -0.497 e.